The summed E-state index contributed by atoms with van der Waals surface area (Å²) >= 11 is 0. The predicted octanol–water partition coefficient (Wildman–Crippen LogP) is 2.00. The zero-order valence-corrected chi connectivity index (χ0v) is 9.47. The zero-order chi connectivity index (χ0) is 9.80. The van der Waals surface area contributed by atoms with Crippen molar-refractivity contribution in [2.45, 2.75) is 57.5 Å². The number of hydrogen-bond acceptors (Lipinski definition) is 2. The summed E-state index contributed by atoms with van der Waals surface area (Å²) in [5.41, 5.74) is 0. The van der Waals surface area contributed by atoms with Gasteiger partial charge in [-0.2, -0.15) is 0 Å². The molecule has 14 heavy (non-hydrogen) atoms. The van der Waals surface area contributed by atoms with Crippen molar-refractivity contribution in [2.75, 3.05) is 19.6 Å². The van der Waals surface area contributed by atoms with E-state index >= 15 is 0 Å². The van der Waals surface area contributed by atoms with E-state index in [1.54, 1.807) is 0 Å². The van der Waals surface area contributed by atoms with Crippen LogP contribution in [-0.2, 0) is 0 Å². The first-order valence-electron chi connectivity index (χ1n) is 6.39. The molecule has 2 rings (SSSR count). The fourth-order valence-corrected chi connectivity index (χ4v) is 3.12. The quantitative estimate of drug-likeness (QED) is 0.743. The third-order valence-corrected chi connectivity index (χ3v) is 3.81. The SMILES string of the molecule is CCNC1CCCCC1N1CCCC1. The van der Waals surface area contributed by atoms with Gasteiger partial charge in [0.05, 0.1) is 0 Å². The summed E-state index contributed by atoms with van der Waals surface area (Å²) in [6.07, 6.45) is 8.56. The molecule has 1 saturated carbocycles. The topological polar surface area (TPSA) is 15.3 Å². The van der Waals surface area contributed by atoms with Gasteiger partial charge >= 0.3 is 0 Å². The highest BCUT2D eigenvalue weighted by Crippen LogP contribution is 2.25. The van der Waals surface area contributed by atoms with Gasteiger partial charge in [-0.05, 0) is 45.3 Å². The number of likely N-dealkylation sites (tertiary alicyclic amines) is 1. The van der Waals surface area contributed by atoms with Gasteiger partial charge < -0.3 is 5.32 Å². The van der Waals surface area contributed by atoms with Crippen molar-refractivity contribution in [3.05, 3.63) is 0 Å². The second-order valence-corrected chi connectivity index (χ2v) is 4.76. The minimum absolute atomic E-state index is 0.784. The molecule has 0 radical (unpaired) electrons. The third-order valence-electron chi connectivity index (χ3n) is 3.81. The number of rotatable bonds is 3. The fourth-order valence-electron chi connectivity index (χ4n) is 3.12. The lowest BCUT2D eigenvalue weighted by Gasteiger charge is -2.38. The highest BCUT2D eigenvalue weighted by atomic mass is 15.2. The van der Waals surface area contributed by atoms with E-state index < -0.39 is 0 Å². The summed E-state index contributed by atoms with van der Waals surface area (Å²) in [4.78, 5) is 2.73. The minimum Gasteiger partial charge on any atom is -0.313 e. The molecule has 2 heteroatoms. The molecule has 82 valence electrons. The first kappa shape index (κ1) is 10.4. The Labute approximate surface area is 88.1 Å². The Morgan fingerprint density at radius 3 is 2.50 bits per heavy atom. The Morgan fingerprint density at radius 1 is 1.07 bits per heavy atom. The molecule has 1 heterocycles. The molecule has 1 N–H and O–H groups in total. The Balaban J connectivity index is 1.91. The zero-order valence-electron chi connectivity index (χ0n) is 9.47. The maximum absolute atomic E-state index is 3.67. The number of nitrogens with one attached hydrogen (secondary N) is 1. The summed E-state index contributed by atoms with van der Waals surface area (Å²) in [6.45, 7) is 6.07. The van der Waals surface area contributed by atoms with Crippen molar-refractivity contribution in [2.24, 2.45) is 0 Å². The lowest BCUT2D eigenvalue weighted by Crippen LogP contribution is -2.50. The molecule has 2 unspecified atom stereocenters. The van der Waals surface area contributed by atoms with Crippen molar-refractivity contribution >= 4 is 0 Å². The van der Waals surface area contributed by atoms with Gasteiger partial charge in [0.1, 0.15) is 0 Å². The van der Waals surface area contributed by atoms with Crippen LogP contribution in [0.2, 0.25) is 0 Å². The van der Waals surface area contributed by atoms with Crippen LogP contribution in [0.1, 0.15) is 45.4 Å². The molecular weight excluding hydrogens is 172 g/mol. The maximum Gasteiger partial charge on any atom is 0.0249 e. The van der Waals surface area contributed by atoms with Gasteiger partial charge in [-0.1, -0.05) is 19.8 Å². The highest BCUT2D eigenvalue weighted by Gasteiger charge is 2.30. The Morgan fingerprint density at radius 2 is 1.79 bits per heavy atom. The molecule has 0 amide bonds. The van der Waals surface area contributed by atoms with Gasteiger partial charge in [0.2, 0.25) is 0 Å². The van der Waals surface area contributed by atoms with Gasteiger partial charge in [0.25, 0.3) is 0 Å². The standard InChI is InChI=1S/C12H24N2/c1-2-13-11-7-3-4-8-12(11)14-9-5-6-10-14/h11-13H,2-10H2,1H3. The van der Waals surface area contributed by atoms with Gasteiger partial charge in [-0.25, -0.2) is 0 Å². The Kier molecular flexibility index (Phi) is 3.82. The van der Waals surface area contributed by atoms with Crippen LogP contribution in [0.3, 0.4) is 0 Å². The van der Waals surface area contributed by atoms with Crippen molar-refractivity contribution in [3.63, 3.8) is 0 Å². The number of likely N-dealkylation sites (N-methyl/N-ethyl adjacent to an activating group) is 1. The van der Waals surface area contributed by atoms with Gasteiger partial charge in [0.15, 0.2) is 0 Å². The van der Waals surface area contributed by atoms with Crippen molar-refractivity contribution in [1.29, 1.82) is 0 Å². The van der Waals surface area contributed by atoms with Crippen molar-refractivity contribution < 1.29 is 0 Å². The Bertz CT molecular complexity index is 162. The fraction of sp³-hybridized carbons (Fsp3) is 1.00. The molecular formula is C12H24N2. The Hall–Kier alpha value is -0.0800. The third kappa shape index (κ3) is 2.29. The second-order valence-electron chi connectivity index (χ2n) is 4.76. The van der Waals surface area contributed by atoms with Gasteiger partial charge in [0, 0.05) is 12.1 Å². The molecule has 1 saturated heterocycles. The summed E-state index contributed by atoms with van der Waals surface area (Å²) in [5.74, 6) is 0. The van der Waals surface area contributed by atoms with E-state index in [1.165, 1.54) is 51.6 Å². The molecule has 0 bridgehead atoms. The van der Waals surface area contributed by atoms with Crippen molar-refractivity contribution in [3.8, 4) is 0 Å². The van der Waals surface area contributed by atoms with Crippen LogP contribution >= 0.6 is 0 Å². The maximum atomic E-state index is 3.67. The van der Waals surface area contributed by atoms with E-state index in [2.05, 4.69) is 17.1 Å². The molecule has 0 aromatic carbocycles. The predicted molar refractivity (Wildman–Crippen MR) is 60.5 cm³/mol. The van der Waals surface area contributed by atoms with Crippen LogP contribution < -0.4 is 5.32 Å². The van der Waals surface area contributed by atoms with Crippen LogP contribution in [0.15, 0.2) is 0 Å². The van der Waals surface area contributed by atoms with Crippen molar-refractivity contribution in [1.82, 2.24) is 10.2 Å². The lowest BCUT2D eigenvalue weighted by molar-refractivity contribution is 0.149. The molecule has 2 nitrogen and oxygen atoms in total. The van der Waals surface area contributed by atoms with Gasteiger partial charge in [-0.3, -0.25) is 4.90 Å². The van der Waals surface area contributed by atoms with Crippen LogP contribution in [-0.4, -0.2) is 36.6 Å². The highest BCUT2D eigenvalue weighted by molar-refractivity contribution is 4.89. The average molecular weight is 196 g/mol. The summed E-state index contributed by atoms with van der Waals surface area (Å²) in [6, 6.07) is 1.64. The van der Waals surface area contributed by atoms with Crippen LogP contribution in [0.25, 0.3) is 0 Å². The normalized spacial score (nSPS) is 34.9. The summed E-state index contributed by atoms with van der Waals surface area (Å²) < 4.78 is 0. The lowest BCUT2D eigenvalue weighted by atomic mass is 9.89. The second kappa shape index (κ2) is 5.13. The first-order chi connectivity index (χ1) is 6.92. The summed E-state index contributed by atoms with van der Waals surface area (Å²) in [7, 11) is 0. The van der Waals surface area contributed by atoms with E-state index in [1.807, 2.05) is 0 Å². The number of nitrogens with zero attached hydrogens (tertiary/aromatic N) is 1. The monoisotopic (exact) mass is 196 g/mol. The van der Waals surface area contributed by atoms with E-state index in [4.69, 9.17) is 0 Å². The molecule has 1 aliphatic carbocycles. The minimum atomic E-state index is 0.784. The molecule has 2 aliphatic rings. The smallest absolute Gasteiger partial charge is 0.0249 e. The molecule has 0 spiro atoms. The van der Waals surface area contributed by atoms with Crippen LogP contribution in [0.4, 0.5) is 0 Å². The van der Waals surface area contributed by atoms with E-state index in [0.29, 0.717) is 0 Å². The molecule has 0 aromatic rings. The van der Waals surface area contributed by atoms with E-state index in [-0.39, 0.29) is 0 Å². The largest absolute Gasteiger partial charge is 0.313 e. The van der Waals surface area contributed by atoms with Crippen LogP contribution in [0.5, 0.6) is 0 Å². The molecule has 0 aromatic heterocycles. The van der Waals surface area contributed by atoms with Gasteiger partial charge in [-0.15, -0.1) is 0 Å². The molecule has 2 atom stereocenters. The van der Waals surface area contributed by atoms with E-state index in [0.717, 1.165) is 18.6 Å². The first-order valence-corrected chi connectivity index (χ1v) is 6.39. The summed E-state index contributed by atoms with van der Waals surface area (Å²) in [5, 5.41) is 3.67. The average Bonchev–Trinajstić information content (AvgIpc) is 2.72. The molecule has 2 fully saturated rings. The van der Waals surface area contributed by atoms with E-state index in [9.17, 15) is 0 Å². The van der Waals surface area contributed by atoms with Crippen LogP contribution in [0, 0.1) is 0 Å². The number of hydrogen-bond donors (Lipinski definition) is 1. The molecule has 1 aliphatic heterocycles.